The van der Waals surface area contributed by atoms with Gasteiger partial charge in [-0.2, -0.15) is 0 Å². The molecule has 3 heterocycles. The largest absolute Gasteiger partial charge is 0.421 e. The van der Waals surface area contributed by atoms with E-state index in [2.05, 4.69) is 25.1 Å². The Bertz CT molecular complexity index is 950. The third kappa shape index (κ3) is 4.05. The summed E-state index contributed by atoms with van der Waals surface area (Å²) in [6, 6.07) is 5.67. The van der Waals surface area contributed by atoms with Crippen LogP contribution in [0.5, 0.6) is 0 Å². The first-order valence-electron chi connectivity index (χ1n) is 9.51. The highest BCUT2D eigenvalue weighted by atomic mass is 16.4. The van der Waals surface area contributed by atoms with Crippen LogP contribution in [0.1, 0.15) is 24.3 Å². The van der Waals surface area contributed by atoms with E-state index in [1.165, 1.54) is 0 Å². The Morgan fingerprint density at radius 2 is 2.21 bits per heavy atom. The van der Waals surface area contributed by atoms with E-state index in [4.69, 9.17) is 4.42 Å². The molecule has 0 spiro atoms. The summed E-state index contributed by atoms with van der Waals surface area (Å²) in [6.07, 6.45) is 7.70. The first-order chi connectivity index (χ1) is 13.6. The summed E-state index contributed by atoms with van der Waals surface area (Å²) in [5.41, 5.74) is 2.54. The van der Waals surface area contributed by atoms with Gasteiger partial charge in [-0.25, -0.2) is 9.78 Å². The van der Waals surface area contributed by atoms with Gasteiger partial charge in [0.2, 0.25) is 11.8 Å². The molecule has 1 saturated heterocycles. The number of anilines is 1. The number of benzene rings is 1. The van der Waals surface area contributed by atoms with Crippen molar-refractivity contribution in [3.63, 3.8) is 0 Å². The molecule has 1 N–H and O–H groups in total. The van der Waals surface area contributed by atoms with Crippen molar-refractivity contribution in [1.82, 2.24) is 24.6 Å². The van der Waals surface area contributed by atoms with Crippen molar-refractivity contribution in [3.05, 3.63) is 48.4 Å². The van der Waals surface area contributed by atoms with E-state index in [1.54, 1.807) is 13.1 Å². The molecule has 1 aliphatic rings. The normalized spacial score (nSPS) is 16.9. The number of nitrogens with zero attached hydrogens (tertiary/aromatic N) is 5. The molecule has 4 rings (SSSR count). The van der Waals surface area contributed by atoms with Crippen molar-refractivity contribution in [3.8, 4) is 11.5 Å². The highest BCUT2D eigenvalue weighted by Gasteiger charge is 2.24. The molecule has 28 heavy (non-hydrogen) atoms. The summed E-state index contributed by atoms with van der Waals surface area (Å²) in [4.78, 5) is 18.9. The number of hydrogen-bond donors (Lipinski definition) is 1. The van der Waals surface area contributed by atoms with E-state index in [0.29, 0.717) is 17.7 Å². The monoisotopic (exact) mass is 380 g/mol. The van der Waals surface area contributed by atoms with Crippen LogP contribution in [0.15, 0.2) is 41.3 Å². The highest BCUT2D eigenvalue weighted by Crippen LogP contribution is 2.26. The molecule has 2 aromatic heterocycles. The fourth-order valence-electron chi connectivity index (χ4n) is 3.59. The second kappa shape index (κ2) is 7.84. The number of rotatable bonds is 4. The number of carbonyl (C=O) groups is 1. The molecule has 1 aliphatic heterocycles. The molecule has 0 aliphatic carbocycles. The Balaban J connectivity index is 1.44. The van der Waals surface area contributed by atoms with Crippen LogP contribution < -0.4 is 5.32 Å². The molecule has 3 aromatic rings. The molecule has 146 valence electrons. The third-order valence-electron chi connectivity index (χ3n) is 5.09. The van der Waals surface area contributed by atoms with Gasteiger partial charge in [0.1, 0.15) is 0 Å². The summed E-state index contributed by atoms with van der Waals surface area (Å²) in [5, 5.41) is 11.0. The number of aromatic nitrogens is 4. The number of nitrogens with one attached hydrogen (secondary N) is 1. The highest BCUT2D eigenvalue weighted by molar-refractivity contribution is 5.91. The van der Waals surface area contributed by atoms with Crippen LogP contribution in [-0.2, 0) is 6.54 Å². The van der Waals surface area contributed by atoms with Gasteiger partial charge in [0.05, 0.1) is 6.33 Å². The van der Waals surface area contributed by atoms with Gasteiger partial charge < -0.3 is 19.2 Å². The zero-order valence-corrected chi connectivity index (χ0v) is 16.1. The van der Waals surface area contributed by atoms with Gasteiger partial charge in [-0.1, -0.05) is 6.07 Å². The fourth-order valence-corrected chi connectivity index (χ4v) is 3.59. The van der Waals surface area contributed by atoms with Crippen molar-refractivity contribution >= 4 is 11.7 Å². The van der Waals surface area contributed by atoms with Crippen molar-refractivity contribution < 1.29 is 9.21 Å². The first kappa shape index (κ1) is 18.2. The van der Waals surface area contributed by atoms with Crippen LogP contribution in [0.25, 0.3) is 11.5 Å². The van der Waals surface area contributed by atoms with Crippen LogP contribution in [0, 0.1) is 19.8 Å². The van der Waals surface area contributed by atoms with Gasteiger partial charge in [0, 0.05) is 50.2 Å². The number of imidazole rings is 1. The van der Waals surface area contributed by atoms with Gasteiger partial charge in [-0.3, -0.25) is 0 Å². The Morgan fingerprint density at radius 3 is 2.96 bits per heavy atom. The molecule has 8 heteroatoms. The quantitative estimate of drug-likeness (QED) is 0.748. The van der Waals surface area contributed by atoms with E-state index in [1.807, 2.05) is 42.5 Å². The lowest BCUT2D eigenvalue weighted by atomic mass is 9.98. The second-order valence-electron chi connectivity index (χ2n) is 7.30. The predicted octanol–water partition coefficient (Wildman–Crippen LogP) is 3.49. The summed E-state index contributed by atoms with van der Waals surface area (Å²) in [6.45, 7) is 6.12. The smallest absolute Gasteiger partial charge is 0.321 e. The minimum atomic E-state index is -0.0720. The average Bonchev–Trinajstić information content (AvgIpc) is 3.35. The summed E-state index contributed by atoms with van der Waals surface area (Å²) < 4.78 is 7.57. The lowest BCUT2D eigenvalue weighted by Crippen LogP contribution is -2.43. The Kier molecular flexibility index (Phi) is 5.10. The second-order valence-corrected chi connectivity index (χ2v) is 7.30. The van der Waals surface area contributed by atoms with Gasteiger partial charge in [0.25, 0.3) is 0 Å². The topological polar surface area (TPSA) is 89.1 Å². The summed E-state index contributed by atoms with van der Waals surface area (Å²) >= 11 is 0. The number of likely N-dealkylation sites (tertiary alicyclic amines) is 1. The van der Waals surface area contributed by atoms with Gasteiger partial charge in [-0.15, -0.1) is 10.2 Å². The Hall–Kier alpha value is -3.16. The van der Waals surface area contributed by atoms with Crippen LogP contribution in [0.3, 0.4) is 0 Å². The number of carbonyl (C=O) groups excluding carboxylic acids is 1. The van der Waals surface area contributed by atoms with Gasteiger partial charge in [-0.05, 0) is 43.4 Å². The number of aryl methyl sites for hydroxylation is 2. The lowest BCUT2D eigenvalue weighted by molar-refractivity contribution is 0.170. The first-order valence-corrected chi connectivity index (χ1v) is 9.51. The molecule has 1 fully saturated rings. The summed E-state index contributed by atoms with van der Waals surface area (Å²) in [5.74, 6) is 1.40. The van der Waals surface area contributed by atoms with Crippen molar-refractivity contribution in [2.24, 2.45) is 5.92 Å². The maximum absolute atomic E-state index is 12.9. The standard InChI is InChI=1S/C20H24N6O2/c1-14-5-6-17(19-24-23-15(2)28-19)10-18(14)22-20(27)26-8-3-4-16(12-26)11-25-9-7-21-13-25/h5-7,9-10,13,16H,3-4,8,11-12H2,1-2H3,(H,22,27)/t16-/m1/s1. The predicted molar refractivity (Wildman–Crippen MR) is 105 cm³/mol. The molecular formula is C20H24N6O2. The number of hydrogen-bond acceptors (Lipinski definition) is 5. The molecule has 8 nitrogen and oxygen atoms in total. The molecule has 0 unspecified atom stereocenters. The molecule has 0 saturated carbocycles. The van der Waals surface area contributed by atoms with Gasteiger partial charge >= 0.3 is 6.03 Å². The minimum absolute atomic E-state index is 0.0720. The SMILES string of the molecule is Cc1nnc(-c2ccc(C)c(NC(=O)N3CCC[C@H](Cn4ccnc4)C3)c2)o1. The van der Waals surface area contributed by atoms with Crippen molar-refractivity contribution in [2.45, 2.75) is 33.2 Å². The number of piperidine rings is 1. The maximum Gasteiger partial charge on any atom is 0.321 e. The van der Waals surface area contributed by atoms with E-state index in [-0.39, 0.29) is 6.03 Å². The summed E-state index contributed by atoms with van der Waals surface area (Å²) in [7, 11) is 0. The zero-order chi connectivity index (χ0) is 19.5. The Morgan fingerprint density at radius 1 is 1.32 bits per heavy atom. The zero-order valence-electron chi connectivity index (χ0n) is 16.1. The van der Waals surface area contributed by atoms with Crippen molar-refractivity contribution in [2.75, 3.05) is 18.4 Å². The minimum Gasteiger partial charge on any atom is -0.421 e. The number of urea groups is 1. The molecule has 0 bridgehead atoms. The van der Waals surface area contributed by atoms with Crippen LogP contribution in [0.2, 0.25) is 0 Å². The Labute approximate surface area is 163 Å². The van der Waals surface area contributed by atoms with E-state index in [9.17, 15) is 4.79 Å². The van der Waals surface area contributed by atoms with E-state index >= 15 is 0 Å². The molecule has 0 radical (unpaired) electrons. The van der Waals surface area contributed by atoms with E-state index < -0.39 is 0 Å². The van der Waals surface area contributed by atoms with Crippen LogP contribution >= 0.6 is 0 Å². The average molecular weight is 380 g/mol. The van der Waals surface area contributed by atoms with Gasteiger partial charge in [0.15, 0.2) is 0 Å². The van der Waals surface area contributed by atoms with Crippen molar-refractivity contribution in [1.29, 1.82) is 0 Å². The third-order valence-corrected chi connectivity index (χ3v) is 5.09. The molecular weight excluding hydrogens is 356 g/mol. The molecule has 1 aromatic carbocycles. The van der Waals surface area contributed by atoms with Crippen LogP contribution in [-0.4, -0.2) is 43.8 Å². The molecule has 1 atom stereocenters. The fraction of sp³-hybridized carbons (Fsp3) is 0.400. The van der Waals surface area contributed by atoms with Crippen LogP contribution in [0.4, 0.5) is 10.5 Å². The maximum atomic E-state index is 12.9. The number of amides is 2. The van der Waals surface area contributed by atoms with E-state index in [0.717, 1.165) is 49.3 Å². The molecule has 2 amide bonds. The lowest BCUT2D eigenvalue weighted by Gasteiger charge is -2.33.